The number of carbonyl (C=O) groups is 1. The van der Waals surface area contributed by atoms with Crippen LogP contribution < -0.4 is 11.1 Å². The largest absolute Gasteiger partial charge is 0.366 e. The van der Waals surface area contributed by atoms with Crippen molar-refractivity contribution in [3.8, 4) is 0 Å². The number of aryl methyl sites for hydroxylation is 1. The van der Waals surface area contributed by atoms with Crippen LogP contribution >= 0.6 is 0 Å². The van der Waals surface area contributed by atoms with Crippen molar-refractivity contribution in [3.63, 3.8) is 0 Å². The molecule has 3 heteroatoms. The summed E-state index contributed by atoms with van der Waals surface area (Å²) < 4.78 is 0. The minimum Gasteiger partial charge on any atom is -0.366 e. The first-order valence-corrected chi connectivity index (χ1v) is 6.80. The summed E-state index contributed by atoms with van der Waals surface area (Å²) in [5, 5.41) is 3.40. The topological polar surface area (TPSA) is 55.1 Å². The van der Waals surface area contributed by atoms with Gasteiger partial charge in [0.15, 0.2) is 0 Å². The van der Waals surface area contributed by atoms with Gasteiger partial charge >= 0.3 is 0 Å². The van der Waals surface area contributed by atoms with Crippen molar-refractivity contribution in [2.24, 2.45) is 5.73 Å². The summed E-state index contributed by atoms with van der Waals surface area (Å²) in [4.78, 5) is 11.0. The Morgan fingerprint density at radius 2 is 1.85 bits per heavy atom. The summed E-state index contributed by atoms with van der Waals surface area (Å²) in [7, 11) is 0. The maximum atomic E-state index is 11.0. The van der Waals surface area contributed by atoms with Gasteiger partial charge in [-0.15, -0.1) is 0 Å². The summed E-state index contributed by atoms with van der Waals surface area (Å²) in [5.41, 5.74) is 9.55. The van der Waals surface area contributed by atoms with Crippen molar-refractivity contribution >= 4 is 5.91 Å². The predicted molar refractivity (Wildman–Crippen MR) is 81.5 cm³/mol. The van der Waals surface area contributed by atoms with Crippen LogP contribution in [-0.2, 0) is 13.0 Å². The first kappa shape index (κ1) is 14.3. The number of hydrogen-bond donors (Lipinski definition) is 2. The summed E-state index contributed by atoms with van der Waals surface area (Å²) >= 11 is 0. The van der Waals surface area contributed by atoms with Crippen LogP contribution in [-0.4, -0.2) is 12.5 Å². The molecule has 0 aromatic heterocycles. The Balaban J connectivity index is 1.77. The van der Waals surface area contributed by atoms with Crippen molar-refractivity contribution in [3.05, 3.63) is 70.8 Å². The van der Waals surface area contributed by atoms with E-state index in [-0.39, 0.29) is 5.91 Å². The Bertz CT molecular complexity index is 576. The predicted octanol–water partition coefficient (Wildman–Crippen LogP) is 2.43. The summed E-state index contributed by atoms with van der Waals surface area (Å²) in [6, 6.07) is 15.9. The molecule has 20 heavy (non-hydrogen) atoms. The van der Waals surface area contributed by atoms with Gasteiger partial charge in [0.05, 0.1) is 0 Å². The fourth-order valence-corrected chi connectivity index (χ4v) is 2.12. The van der Waals surface area contributed by atoms with Crippen molar-refractivity contribution in [2.45, 2.75) is 19.9 Å². The lowest BCUT2D eigenvalue weighted by Crippen LogP contribution is -2.17. The van der Waals surface area contributed by atoms with Gasteiger partial charge in [-0.3, -0.25) is 4.79 Å². The number of primary amides is 1. The maximum absolute atomic E-state index is 11.0. The van der Waals surface area contributed by atoms with Crippen LogP contribution in [0, 0.1) is 6.92 Å². The van der Waals surface area contributed by atoms with E-state index in [1.807, 2.05) is 12.1 Å². The van der Waals surface area contributed by atoms with Crippen molar-refractivity contribution in [1.29, 1.82) is 0 Å². The molecule has 0 radical (unpaired) electrons. The standard InChI is InChI=1S/C17H20N2O/c1-13-3-2-4-14(11-13)9-10-19-12-15-5-7-16(8-6-15)17(18)20/h2-8,11,19H,9-10,12H2,1H3,(H2,18,20). The van der Waals surface area contributed by atoms with E-state index in [1.165, 1.54) is 11.1 Å². The van der Waals surface area contributed by atoms with Crippen molar-refractivity contribution in [1.82, 2.24) is 5.32 Å². The van der Waals surface area contributed by atoms with Crippen LogP contribution in [0.1, 0.15) is 27.0 Å². The summed E-state index contributed by atoms with van der Waals surface area (Å²) in [6.07, 6.45) is 1.01. The van der Waals surface area contributed by atoms with Crippen LogP contribution in [0.4, 0.5) is 0 Å². The second-order valence-electron chi connectivity index (χ2n) is 4.98. The average molecular weight is 268 g/mol. The highest BCUT2D eigenvalue weighted by molar-refractivity contribution is 5.92. The van der Waals surface area contributed by atoms with Crippen LogP contribution in [0.3, 0.4) is 0 Å². The fourth-order valence-electron chi connectivity index (χ4n) is 2.12. The van der Waals surface area contributed by atoms with E-state index in [1.54, 1.807) is 12.1 Å². The van der Waals surface area contributed by atoms with Gasteiger partial charge in [0.25, 0.3) is 0 Å². The van der Waals surface area contributed by atoms with Crippen LogP contribution in [0.15, 0.2) is 48.5 Å². The molecule has 0 unspecified atom stereocenters. The lowest BCUT2D eigenvalue weighted by molar-refractivity contribution is 0.100. The van der Waals surface area contributed by atoms with Gasteiger partial charge in [0, 0.05) is 12.1 Å². The molecular weight excluding hydrogens is 248 g/mol. The van der Waals surface area contributed by atoms with E-state index >= 15 is 0 Å². The molecule has 2 rings (SSSR count). The molecule has 0 aliphatic heterocycles. The molecule has 2 aromatic carbocycles. The highest BCUT2D eigenvalue weighted by atomic mass is 16.1. The highest BCUT2D eigenvalue weighted by Crippen LogP contribution is 2.05. The lowest BCUT2D eigenvalue weighted by atomic mass is 10.1. The molecule has 0 saturated heterocycles. The third-order valence-corrected chi connectivity index (χ3v) is 3.24. The van der Waals surface area contributed by atoms with Gasteiger partial charge in [0.2, 0.25) is 5.91 Å². The zero-order valence-electron chi connectivity index (χ0n) is 11.7. The molecule has 3 N–H and O–H groups in total. The first-order valence-electron chi connectivity index (χ1n) is 6.80. The number of carbonyl (C=O) groups excluding carboxylic acids is 1. The van der Waals surface area contributed by atoms with Crippen LogP contribution in [0.25, 0.3) is 0 Å². The first-order chi connectivity index (χ1) is 9.65. The van der Waals surface area contributed by atoms with E-state index < -0.39 is 0 Å². The molecule has 2 aromatic rings. The number of benzene rings is 2. The van der Waals surface area contributed by atoms with Crippen LogP contribution in [0.2, 0.25) is 0 Å². The molecule has 0 spiro atoms. The molecular formula is C17H20N2O. The molecule has 0 fully saturated rings. The maximum Gasteiger partial charge on any atom is 0.248 e. The third kappa shape index (κ3) is 4.21. The number of nitrogens with two attached hydrogens (primary N) is 1. The Hall–Kier alpha value is -2.13. The number of nitrogens with one attached hydrogen (secondary N) is 1. The monoisotopic (exact) mass is 268 g/mol. The molecule has 0 aliphatic rings. The zero-order chi connectivity index (χ0) is 14.4. The smallest absolute Gasteiger partial charge is 0.248 e. The van der Waals surface area contributed by atoms with E-state index in [4.69, 9.17) is 5.73 Å². The number of amides is 1. The summed E-state index contributed by atoms with van der Waals surface area (Å²) in [5.74, 6) is -0.385. The second kappa shape index (κ2) is 6.87. The Kier molecular flexibility index (Phi) is 4.91. The molecule has 0 heterocycles. The minimum atomic E-state index is -0.385. The quantitative estimate of drug-likeness (QED) is 0.791. The Morgan fingerprint density at radius 3 is 2.50 bits per heavy atom. The number of rotatable bonds is 6. The fraction of sp³-hybridized carbons (Fsp3) is 0.235. The normalized spacial score (nSPS) is 10.4. The molecule has 3 nitrogen and oxygen atoms in total. The SMILES string of the molecule is Cc1cccc(CCNCc2ccc(C(N)=O)cc2)c1. The van der Waals surface area contributed by atoms with E-state index in [9.17, 15) is 4.79 Å². The zero-order valence-corrected chi connectivity index (χ0v) is 11.7. The molecule has 0 atom stereocenters. The number of hydrogen-bond acceptors (Lipinski definition) is 2. The van der Waals surface area contributed by atoms with E-state index in [2.05, 4.69) is 36.5 Å². The van der Waals surface area contributed by atoms with Crippen LogP contribution in [0.5, 0.6) is 0 Å². The van der Waals surface area contributed by atoms with E-state index in [0.29, 0.717) is 5.56 Å². The molecule has 0 bridgehead atoms. The average Bonchev–Trinajstić information content (AvgIpc) is 2.44. The van der Waals surface area contributed by atoms with Crippen molar-refractivity contribution in [2.75, 3.05) is 6.54 Å². The van der Waals surface area contributed by atoms with E-state index in [0.717, 1.165) is 25.1 Å². The third-order valence-electron chi connectivity index (χ3n) is 3.24. The molecule has 104 valence electrons. The molecule has 0 aliphatic carbocycles. The van der Waals surface area contributed by atoms with Gasteiger partial charge < -0.3 is 11.1 Å². The molecule has 1 amide bonds. The lowest BCUT2D eigenvalue weighted by Gasteiger charge is -2.06. The second-order valence-corrected chi connectivity index (χ2v) is 4.98. The molecule has 0 saturated carbocycles. The minimum absolute atomic E-state index is 0.385. The van der Waals surface area contributed by atoms with Gasteiger partial charge in [-0.05, 0) is 43.1 Å². The summed E-state index contributed by atoms with van der Waals surface area (Å²) in [6.45, 7) is 3.84. The van der Waals surface area contributed by atoms with Gasteiger partial charge in [0.1, 0.15) is 0 Å². The Labute approximate surface area is 119 Å². The Morgan fingerprint density at radius 1 is 1.10 bits per heavy atom. The van der Waals surface area contributed by atoms with Gasteiger partial charge in [-0.2, -0.15) is 0 Å². The van der Waals surface area contributed by atoms with Crippen molar-refractivity contribution < 1.29 is 4.79 Å². The van der Waals surface area contributed by atoms with Gasteiger partial charge in [-0.1, -0.05) is 42.0 Å². The highest BCUT2D eigenvalue weighted by Gasteiger charge is 1.99. The van der Waals surface area contributed by atoms with Gasteiger partial charge in [-0.25, -0.2) is 0 Å².